The van der Waals surface area contributed by atoms with Gasteiger partial charge in [0.05, 0.1) is 18.1 Å². The third-order valence-electron chi connectivity index (χ3n) is 2.94. The van der Waals surface area contributed by atoms with Gasteiger partial charge in [0.1, 0.15) is 0 Å². The lowest BCUT2D eigenvalue weighted by atomic mass is 10.1. The Morgan fingerprint density at radius 1 is 1.06 bits per heavy atom. The molecular weight excluding hydrogens is 210 g/mol. The highest BCUT2D eigenvalue weighted by Crippen LogP contribution is 2.11. The highest BCUT2D eigenvalue weighted by molar-refractivity contribution is 5.33. The molecule has 0 atom stereocenters. The number of hydrogen-bond donors (Lipinski definition) is 0. The van der Waals surface area contributed by atoms with E-state index in [1.807, 2.05) is 6.20 Å². The largest absolute Gasteiger partial charge is 0.221 e. The first-order valence-electron chi connectivity index (χ1n) is 6.36. The van der Waals surface area contributed by atoms with E-state index in [4.69, 9.17) is 0 Å². The van der Waals surface area contributed by atoms with Crippen LogP contribution in [0.15, 0.2) is 36.7 Å². The van der Waals surface area contributed by atoms with Gasteiger partial charge >= 0.3 is 0 Å². The van der Waals surface area contributed by atoms with E-state index in [-0.39, 0.29) is 0 Å². The monoisotopic (exact) mass is 229 g/mol. The Morgan fingerprint density at radius 2 is 1.88 bits per heavy atom. The van der Waals surface area contributed by atoms with Crippen molar-refractivity contribution in [1.82, 2.24) is 15.0 Å². The molecule has 1 aromatic carbocycles. The minimum Gasteiger partial charge on any atom is -0.221 e. The van der Waals surface area contributed by atoms with Crippen molar-refractivity contribution in [1.29, 1.82) is 0 Å². The van der Waals surface area contributed by atoms with E-state index in [2.05, 4.69) is 41.5 Å². The van der Waals surface area contributed by atoms with Gasteiger partial charge in [-0.25, -0.2) is 4.68 Å². The number of nitrogens with zero attached hydrogens (tertiary/aromatic N) is 3. The van der Waals surface area contributed by atoms with Crippen molar-refractivity contribution >= 4 is 0 Å². The maximum absolute atomic E-state index is 3.97. The summed E-state index contributed by atoms with van der Waals surface area (Å²) in [4.78, 5) is 0. The SMILES string of the molecule is CCCCCCc1ccc(-n2ccnn2)cc1. The summed E-state index contributed by atoms with van der Waals surface area (Å²) in [5, 5.41) is 7.77. The van der Waals surface area contributed by atoms with Gasteiger partial charge in [-0.3, -0.25) is 0 Å². The fourth-order valence-electron chi connectivity index (χ4n) is 1.92. The van der Waals surface area contributed by atoms with Gasteiger partial charge in [-0.1, -0.05) is 43.5 Å². The van der Waals surface area contributed by atoms with Gasteiger partial charge in [0.15, 0.2) is 0 Å². The third-order valence-corrected chi connectivity index (χ3v) is 2.94. The number of aryl methyl sites for hydroxylation is 1. The molecule has 0 bridgehead atoms. The third kappa shape index (κ3) is 3.41. The van der Waals surface area contributed by atoms with Crippen LogP contribution < -0.4 is 0 Å². The van der Waals surface area contributed by atoms with Crippen LogP contribution in [0.2, 0.25) is 0 Å². The second-order valence-corrected chi connectivity index (χ2v) is 4.32. The zero-order chi connectivity index (χ0) is 11.9. The van der Waals surface area contributed by atoms with Crippen molar-refractivity contribution in [2.45, 2.75) is 39.0 Å². The Bertz CT molecular complexity index is 417. The summed E-state index contributed by atoms with van der Waals surface area (Å²) in [5.74, 6) is 0. The van der Waals surface area contributed by atoms with Crippen molar-refractivity contribution in [3.05, 3.63) is 42.2 Å². The van der Waals surface area contributed by atoms with Crippen LogP contribution in [0.5, 0.6) is 0 Å². The minimum atomic E-state index is 1.07. The molecule has 0 saturated heterocycles. The minimum absolute atomic E-state index is 1.07. The lowest BCUT2D eigenvalue weighted by Crippen LogP contribution is -1.95. The molecule has 0 amide bonds. The Labute approximate surface area is 102 Å². The zero-order valence-corrected chi connectivity index (χ0v) is 10.3. The first-order chi connectivity index (χ1) is 8.40. The maximum Gasteiger partial charge on any atom is 0.0697 e. The molecule has 2 aromatic rings. The number of hydrogen-bond acceptors (Lipinski definition) is 2. The molecule has 17 heavy (non-hydrogen) atoms. The van der Waals surface area contributed by atoms with Gasteiger partial charge in [0.2, 0.25) is 0 Å². The van der Waals surface area contributed by atoms with E-state index in [0.29, 0.717) is 0 Å². The Kier molecular flexibility index (Phi) is 4.30. The fourth-order valence-corrected chi connectivity index (χ4v) is 1.92. The zero-order valence-electron chi connectivity index (χ0n) is 10.3. The average Bonchev–Trinajstić information content (AvgIpc) is 2.89. The van der Waals surface area contributed by atoms with Crippen LogP contribution in [0, 0.1) is 0 Å². The van der Waals surface area contributed by atoms with Crippen LogP contribution in [0.3, 0.4) is 0 Å². The lowest BCUT2D eigenvalue weighted by molar-refractivity contribution is 0.666. The molecule has 0 aliphatic heterocycles. The van der Waals surface area contributed by atoms with E-state index >= 15 is 0 Å². The molecule has 0 radical (unpaired) electrons. The second kappa shape index (κ2) is 6.18. The molecular formula is C14H19N3. The van der Waals surface area contributed by atoms with Crippen LogP contribution in [0.1, 0.15) is 38.2 Å². The summed E-state index contributed by atoms with van der Waals surface area (Å²) in [7, 11) is 0. The molecule has 3 nitrogen and oxygen atoms in total. The van der Waals surface area contributed by atoms with Crippen molar-refractivity contribution in [3.63, 3.8) is 0 Å². The number of unbranched alkanes of at least 4 members (excludes halogenated alkanes) is 3. The fraction of sp³-hybridized carbons (Fsp3) is 0.429. The number of aromatic nitrogens is 3. The van der Waals surface area contributed by atoms with Crippen molar-refractivity contribution in [2.75, 3.05) is 0 Å². The quantitative estimate of drug-likeness (QED) is 0.711. The number of benzene rings is 1. The van der Waals surface area contributed by atoms with Gasteiger partial charge in [-0.15, -0.1) is 5.10 Å². The summed E-state index contributed by atoms with van der Waals surface area (Å²) in [6.45, 7) is 2.24. The standard InChI is InChI=1S/C14H19N3/c1-2-3-4-5-6-13-7-9-14(10-8-13)17-12-11-15-16-17/h7-12H,2-6H2,1H3. The van der Waals surface area contributed by atoms with Crippen LogP contribution in [-0.2, 0) is 6.42 Å². The van der Waals surface area contributed by atoms with Gasteiger partial charge in [-0.05, 0) is 30.5 Å². The van der Waals surface area contributed by atoms with Gasteiger partial charge in [-0.2, -0.15) is 0 Å². The molecule has 3 heteroatoms. The predicted octanol–water partition coefficient (Wildman–Crippen LogP) is 3.39. The molecule has 0 saturated carbocycles. The molecule has 0 aliphatic carbocycles. The Balaban J connectivity index is 1.90. The van der Waals surface area contributed by atoms with E-state index in [1.54, 1.807) is 10.9 Å². The van der Waals surface area contributed by atoms with Gasteiger partial charge < -0.3 is 0 Å². The van der Waals surface area contributed by atoms with Crippen LogP contribution in [0.25, 0.3) is 5.69 Å². The Hall–Kier alpha value is -1.64. The molecule has 2 rings (SSSR count). The molecule has 0 unspecified atom stereocenters. The molecule has 1 heterocycles. The van der Waals surface area contributed by atoms with E-state index < -0.39 is 0 Å². The van der Waals surface area contributed by atoms with Crippen molar-refractivity contribution in [2.24, 2.45) is 0 Å². The molecule has 0 spiro atoms. The smallest absolute Gasteiger partial charge is 0.0697 e. The molecule has 90 valence electrons. The average molecular weight is 229 g/mol. The van der Waals surface area contributed by atoms with Crippen molar-refractivity contribution in [3.8, 4) is 5.69 Å². The lowest BCUT2D eigenvalue weighted by Gasteiger charge is -2.03. The summed E-state index contributed by atoms with van der Waals surface area (Å²) in [6, 6.07) is 8.57. The van der Waals surface area contributed by atoms with Crippen LogP contribution in [0.4, 0.5) is 0 Å². The maximum atomic E-state index is 3.97. The second-order valence-electron chi connectivity index (χ2n) is 4.32. The predicted molar refractivity (Wildman–Crippen MR) is 69.2 cm³/mol. The number of rotatable bonds is 6. The highest BCUT2D eigenvalue weighted by Gasteiger charge is 1.97. The van der Waals surface area contributed by atoms with E-state index in [0.717, 1.165) is 5.69 Å². The highest BCUT2D eigenvalue weighted by atomic mass is 15.4. The first kappa shape index (κ1) is 11.8. The van der Waals surface area contributed by atoms with E-state index in [9.17, 15) is 0 Å². The first-order valence-corrected chi connectivity index (χ1v) is 6.36. The summed E-state index contributed by atoms with van der Waals surface area (Å²) >= 11 is 0. The molecule has 0 N–H and O–H groups in total. The molecule has 0 aliphatic rings. The van der Waals surface area contributed by atoms with Crippen LogP contribution >= 0.6 is 0 Å². The van der Waals surface area contributed by atoms with Gasteiger partial charge in [0.25, 0.3) is 0 Å². The summed E-state index contributed by atoms with van der Waals surface area (Å²) in [6.07, 6.45) is 9.99. The summed E-state index contributed by atoms with van der Waals surface area (Å²) < 4.78 is 1.78. The topological polar surface area (TPSA) is 30.7 Å². The Morgan fingerprint density at radius 3 is 2.53 bits per heavy atom. The normalized spacial score (nSPS) is 10.6. The molecule has 1 aromatic heterocycles. The molecule has 0 fully saturated rings. The van der Waals surface area contributed by atoms with Crippen LogP contribution in [-0.4, -0.2) is 15.0 Å². The van der Waals surface area contributed by atoms with Crippen molar-refractivity contribution < 1.29 is 0 Å². The van der Waals surface area contributed by atoms with E-state index in [1.165, 1.54) is 37.7 Å². The van der Waals surface area contributed by atoms with Gasteiger partial charge in [0, 0.05) is 0 Å². The summed E-state index contributed by atoms with van der Waals surface area (Å²) in [5.41, 5.74) is 2.48.